The average Bonchev–Trinajstić information content (AvgIpc) is 3.54. The Hall–Kier alpha value is -5.59. The summed E-state index contributed by atoms with van der Waals surface area (Å²) in [5.74, 6) is 0. The molecule has 0 aliphatic carbocycles. The van der Waals surface area contributed by atoms with Gasteiger partial charge in [-0.1, -0.05) is 84.9 Å². The Bertz CT molecular complexity index is 2360. The number of hydrogen-bond donors (Lipinski definition) is 0. The topological polar surface area (TPSA) is 14.2 Å². The van der Waals surface area contributed by atoms with Crippen molar-refractivity contribution in [1.82, 2.24) is 9.13 Å². The molecule has 198 valence electrons. The van der Waals surface area contributed by atoms with Gasteiger partial charge in [0.15, 0.2) is 5.69 Å². The van der Waals surface area contributed by atoms with Gasteiger partial charge in [-0.3, -0.25) is 0 Å². The zero-order valence-corrected chi connectivity index (χ0v) is 23.5. The summed E-state index contributed by atoms with van der Waals surface area (Å²) in [6, 6.07) is 45.5. The van der Waals surface area contributed by atoms with E-state index >= 15 is 0 Å². The summed E-state index contributed by atoms with van der Waals surface area (Å²) in [6.45, 7) is 11.8. The summed E-state index contributed by atoms with van der Waals surface area (Å²) < 4.78 is 4.74. The third-order valence-corrected chi connectivity index (χ3v) is 8.52. The Balaban J connectivity index is 1.43. The van der Waals surface area contributed by atoms with E-state index < -0.39 is 0 Å². The molecule has 42 heavy (non-hydrogen) atoms. The van der Waals surface area contributed by atoms with E-state index in [4.69, 9.17) is 6.57 Å². The lowest BCUT2D eigenvalue weighted by atomic mass is 9.98. The first kappa shape index (κ1) is 24.2. The normalized spacial score (nSPS) is 11.5. The van der Waals surface area contributed by atoms with Gasteiger partial charge in [-0.25, -0.2) is 4.85 Å². The highest BCUT2D eigenvalue weighted by atomic mass is 15.0. The van der Waals surface area contributed by atoms with Gasteiger partial charge in [0.05, 0.1) is 28.6 Å². The zero-order chi connectivity index (χ0) is 28.4. The van der Waals surface area contributed by atoms with Crippen LogP contribution in [-0.2, 0) is 0 Å². The molecule has 0 radical (unpaired) electrons. The van der Waals surface area contributed by atoms with Gasteiger partial charge in [-0.15, -0.1) is 0 Å². The van der Waals surface area contributed by atoms with Crippen LogP contribution in [0.2, 0.25) is 0 Å². The summed E-state index contributed by atoms with van der Waals surface area (Å²) in [5.41, 5.74) is 12.4. The van der Waals surface area contributed by atoms with Gasteiger partial charge < -0.3 is 9.13 Å². The molecule has 0 N–H and O–H groups in total. The Morgan fingerprint density at radius 2 is 1.14 bits per heavy atom. The largest absolute Gasteiger partial charge is 0.309 e. The molecule has 6 aromatic carbocycles. The van der Waals surface area contributed by atoms with Crippen LogP contribution in [0.4, 0.5) is 5.69 Å². The first-order valence-electron chi connectivity index (χ1n) is 14.2. The van der Waals surface area contributed by atoms with Crippen molar-refractivity contribution in [1.29, 1.82) is 0 Å². The van der Waals surface area contributed by atoms with E-state index in [9.17, 15) is 0 Å². The number of hydrogen-bond acceptors (Lipinski definition) is 0. The molecule has 3 nitrogen and oxygen atoms in total. The van der Waals surface area contributed by atoms with E-state index in [0.29, 0.717) is 5.69 Å². The third kappa shape index (κ3) is 3.46. The Morgan fingerprint density at radius 3 is 1.88 bits per heavy atom. The molecule has 0 saturated heterocycles. The molecule has 0 spiro atoms. The number of benzene rings is 6. The molecule has 8 rings (SSSR count). The maximum Gasteiger partial charge on any atom is 0.187 e. The van der Waals surface area contributed by atoms with E-state index in [0.717, 1.165) is 22.5 Å². The highest BCUT2D eigenvalue weighted by molar-refractivity contribution is 6.17. The smallest absolute Gasteiger partial charge is 0.187 e. The van der Waals surface area contributed by atoms with Gasteiger partial charge in [-0.05, 0) is 78.6 Å². The van der Waals surface area contributed by atoms with Crippen LogP contribution in [0.5, 0.6) is 0 Å². The molecule has 0 amide bonds. The fourth-order valence-electron chi connectivity index (χ4n) is 6.85. The maximum absolute atomic E-state index is 7.54. The van der Waals surface area contributed by atoms with Gasteiger partial charge in [0.25, 0.3) is 0 Å². The van der Waals surface area contributed by atoms with Gasteiger partial charge in [0, 0.05) is 32.9 Å². The second-order valence-electron chi connectivity index (χ2n) is 11.0. The number of aryl methyl sites for hydroxylation is 2. The molecular formula is C39H27N3. The van der Waals surface area contributed by atoms with E-state index in [1.807, 2.05) is 12.1 Å². The van der Waals surface area contributed by atoms with Crippen LogP contribution in [0.15, 0.2) is 127 Å². The fourth-order valence-corrected chi connectivity index (χ4v) is 6.85. The van der Waals surface area contributed by atoms with Crippen LogP contribution in [0.3, 0.4) is 0 Å². The molecule has 0 bridgehead atoms. The van der Waals surface area contributed by atoms with Gasteiger partial charge in [-0.2, -0.15) is 0 Å². The van der Waals surface area contributed by atoms with Crippen LogP contribution in [0.25, 0.3) is 71.0 Å². The SMILES string of the molecule is [C-]#[N+]c1cc(C)c(-n2c3ccccc3c3c(-c4ccc5c(c4)c4ccccc4n5-c4ccccc4)cccc32)c(C)c1. The highest BCUT2D eigenvalue weighted by Gasteiger charge is 2.19. The van der Waals surface area contributed by atoms with Crippen molar-refractivity contribution in [2.75, 3.05) is 0 Å². The summed E-state index contributed by atoms with van der Waals surface area (Å²) in [6.07, 6.45) is 0. The number of fused-ring (bicyclic) bond motifs is 6. The predicted molar refractivity (Wildman–Crippen MR) is 176 cm³/mol. The molecule has 2 heterocycles. The number of aromatic nitrogens is 2. The van der Waals surface area contributed by atoms with Crippen molar-refractivity contribution in [3.63, 3.8) is 0 Å². The quantitative estimate of drug-likeness (QED) is 0.199. The van der Waals surface area contributed by atoms with Crippen molar-refractivity contribution in [2.45, 2.75) is 13.8 Å². The van der Waals surface area contributed by atoms with E-state index in [2.05, 4.69) is 143 Å². The molecule has 0 aliphatic rings. The summed E-state index contributed by atoms with van der Waals surface area (Å²) >= 11 is 0. The monoisotopic (exact) mass is 537 g/mol. The van der Waals surface area contributed by atoms with Crippen LogP contribution < -0.4 is 0 Å². The summed E-state index contributed by atoms with van der Waals surface area (Å²) in [5, 5.41) is 4.96. The van der Waals surface area contributed by atoms with Gasteiger partial charge in [0.1, 0.15) is 0 Å². The third-order valence-electron chi connectivity index (χ3n) is 8.52. The maximum atomic E-state index is 7.54. The van der Waals surface area contributed by atoms with E-state index in [-0.39, 0.29) is 0 Å². The lowest BCUT2D eigenvalue weighted by Crippen LogP contribution is -2.00. The van der Waals surface area contributed by atoms with Crippen LogP contribution in [0.1, 0.15) is 11.1 Å². The van der Waals surface area contributed by atoms with E-state index in [1.165, 1.54) is 54.7 Å². The van der Waals surface area contributed by atoms with Crippen molar-refractivity contribution in [3.05, 3.63) is 150 Å². The Labute approximate surface area is 244 Å². The number of nitrogens with zero attached hydrogens (tertiary/aromatic N) is 3. The van der Waals surface area contributed by atoms with E-state index in [1.54, 1.807) is 0 Å². The second-order valence-corrected chi connectivity index (χ2v) is 11.0. The molecule has 0 unspecified atom stereocenters. The van der Waals surface area contributed by atoms with Crippen LogP contribution in [0, 0.1) is 20.4 Å². The Kier molecular flexibility index (Phi) is 5.32. The minimum Gasteiger partial charge on any atom is -0.309 e. The van der Waals surface area contributed by atoms with Crippen molar-refractivity contribution >= 4 is 49.3 Å². The molecule has 8 aromatic rings. The number of rotatable bonds is 3. The average molecular weight is 538 g/mol. The summed E-state index contributed by atoms with van der Waals surface area (Å²) in [7, 11) is 0. The molecule has 2 aromatic heterocycles. The molecule has 0 fully saturated rings. The van der Waals surface area contributed by atoms with Gasteiger partial charge >= 0.3 is 0 Å². The summed E-state index contributed by atoms with van der Waals surface area (Å²) in [4.78, 5) is 3.70. The molecule has 0 atom stereocenters. The van der Waals surface area contributed by atoms with Crippen molar-refractivity contribution in [3.8, 4) is 22.5 Å². The minimum atomic E-state index is 0.679. The molecule has 0 aliphatic heterocycles. The minimum absolute atomic E-state index is 0.679. The van der Waals surface area contributed by atoms with Gasteiger partial charge in [0.2, 0.25) is 0 Å². The molecular weight excluding hydrogens is 510 g/mol. The lowest BCUT2D eigenvalue weighted by Gasteiger charge is -2.15. The molecule has 3 heteroatoms. The molecule has 0 saturated carbocycles. The van der Waals surface area contributed by atoms with Crippen LogP contribution >= 0.6 is 0 Å². The standard InChI is InChI=1S/C39H27N3/c1-25-22-28(40-3)23-26(2)39(25)42-35-18-10-8-15-32(35)38-30(16-11-19-37(38)42)27-20-21-36-33(24-27)31-14-7-9-17-34(31)41(36)29-12-5-4-6-13-29/h4-24H,1-2H3. The Morgan fingerprint density at radius 1 is 0.524 bits per heavy atom. The fraction of sp³-hybridized carbons (Fsp3) is 0.0513. The zero-order valence-electron chi connectivity index (χ0n) is 23.5. The second kappa shape index (κ2) is 9.23. The van der Waals surface area contributed by atoms with Crippen molar-refractivity contribution in [2.24, 2.45) is 0 Å². The first-order valence-corrected chi connectivity index (χ1v) is 14.2. The van der Waals surface area contributed by atoms with Crippen LogP contribution in [-0.4, -0.2) is 9.13 Å². The van der Waals surface area contributed by atoms with Crippen molar-refractivity contribution < 1.29 is 0 Å². The first-order chi connectivity index (χ1) is 20.6. The predicted octanol–water partition coefficient (Wildman–Crippen LogP) is 10.7. The lowest BCUT2D eigenvalue weighted by molar-refractivity contribution is 1.12. The number of para-hydroxylation sites is 3. The highest BCUT2D eigenvalue weighted by Crippen LogP contribution is 2.42.